The highest BCUT2D eigenvalue weighted by Crippen LogP contribution is 2.38. The second kappa shape index (κ2) is 5.58. The molecule has 0 saturated heterocycles. The monoisotopic (exact) mass is 228 g/mol. The van der Waals surface area contributed by atoms with Crippen LogP contribution in [0.5, 0.6) is 17.2 Å². The van der Waals surface area contributed by atoms with Crippen LogP contribution in [0.15, 0.2) is 12.1 Å². The van der Waals surface area contributed by atoms with Gasteiger partial charge in [-0.2, -0.15) is 0 Å². The van der Waals surface area contributed by atoms with Gasteiger partial charge in [-0.25, -0.2) is 0 Å². The van der Waals surface area contributed by atoms with Gasteiger partial charge >= 0.3 is 0 Å². The first-order valence-electron chi connectivity index (χ1n) is 5.08. The third kappa shape index (κ3) is 2.77. The van der Waals surface area contributed by atoms with E-state index in [9.17, 15) is 10.2 Å². The van der Waals surface area contributed by atoms with Crippen LogP contribution in [0.2, 0.25) is 0 Å². The third-order valence-corrected chi connectivity index (χ3v) is 1.99. The molecule has 5 nitrogen and oxygen atoms in total. The predicted octanol–water partition coefficient (Wildman–Crippen LogP) is 1.87. The van der Waals surface area contributed by atoms with Gasteiger partial charge in [0.05, 0.1) is 5.56 Å². The average Bonchev–Trinajstić information content (AvgIpc) is 2.16. The molecule has 1 rings (SSSR count). The molecule has 0 fully saturated rings. The number of hydrogen-bond acceptors (Lipinski definition) is 5. The van der Waals surface area contributed by atoms with E-state index in [-0.39, 0.29) is 22.8 Å². The van der Waals surface area contributed by atoms with Crippen molar-refractivity contribution in [3.05, 3.63) is 17.7 Å². The van der Waals surface area contributed by atoms with Crippen LogP contribution in [0.1, 0.15) is 25.7 Å². The van der Waals surface area contributed by atoms with Crippen molar-refractivity contribution in [1.29, 1.82) is 0 Å². The van der Waals surface area contributed by atoms with Crippen molar-refractivity contribution in [3.63, 3.8) is 0 Å². The van der Waals surface area contributed by atoms with Crippen molar-refractivity contribution >= 4 is 0 Å². The highest BCUT2D eigenvalue weighted by atomic mass is 16.7. The van der Waals surface area contributed by atoms with E-state index in [4.69, 9.17) is 14.6 Å². The van der Waals surface area contributed by atoms with Crippen molar-refractivity contribution in [2.75, 3.05) is 13.2 Å². The number of phenolic OH excluding ortho intramolecular Hbond substituents is 3. The second-order valence-electron chi connectivity index (χ2n) is 3.14. The highest BCUT2D eigenvalue weighted by molar-refractivity contribution is 5.49. The molecular formula is C11H16O5. The maximum atomic E-state index is 9.62. The molecule has 0 unspecified atom stereocenters. The van der Waals surface area contributed by atoms with E-state index in [0.29, 0.717) is 13.2 Å². The van der Waals surface area contributed by atoms with E-state index in [1.807, 2.05) is 0 Å². The molecule has 0 bridgehead atoms. The molecule has 3 N–H and O–H groups in total. The Morgan fingerprint density at radius 2 is 1.44 bits per heavy atom. The van der Waals surface area contributed by atoms with Crippen LogP contribution < -0.4 is 0 Å². The maximum absolute atomic E-state index is 9.62. The molecule has 1 aromatic rings. The fraction of sp³-hybridized carbons (Fsp3) is 0.455. The number of hydrogen-bond donors (Lipinski definition) is 3. The minimum Gasteiger partial charge on any atom is -0.508 e. The van der Waals surface area contributed by atoms with Crippen LogP contribution in [0.25, 0.3) is 0 Å². The lowest BCUT2D eigenvalue weighted by molar-refractivity contribution is -0.141. The first-order valence-corrected chi connectivity index (χ1v) is 5.08. The van der Waals surface area contributed by atoms with E-state index in [1.165, 1.54) is 0 Å². The third-order valence-electron chi connectivity index (χ3n) is 1.99. The van der Waals surface area contributed by atoms with Gasteiger partial charge in [0.2, 0.25) is 0 Å². The SMILES string of the molecule is CCOC(OCC)c1c(O)cc(O)cc1O. The van der Waals surface area contributed by atoms with Crippen LogP contribution in [0, 0.1) is 0 Å². The number of aromatic hydroxyl groups is 3. The summed E-state index contributed by atoms with van der Waals surface area (Å²) < 4.78 is 10.5. The summed E-state index contributed by atoms with van der Waals surface area (Å²) in [6.45, 7) is 4.32. The zero-order valence-corrected chi connectivity index (χ0v) is 9.30. The molecule has 0 aromatic heterocycles. The predicted molar refractivity (Wildman–Crippen MR) is 57.4 cm³/mol. The molecular weight excluding hydrogens is 212 g/mol. The summed E-state index contributed by atoms with van der Waals surface area (Å²) in [6, 6.07) is 2.25. The number of benzene rings is 1. The second-order valence-corrected chi connectivity index (χ2v) is 3.14. The fourth-order valence-corrected chi connectivity index (χ4v) is 1.37. The molecule has 1 aromatic carbocycles. The Labute approximate surface area is 93.9 Å². The molecule has 0 aliphatic rings. The Bertz CT molecular complexity index is 321. The molecule has 0 amide bonds. The Balaban J connectivity index is 3.07. The van der Waals surface area contributed by atoms with Gasteiger partial charge in [0.1, 0.15) is 17.2 Å². The first-order chi connectivity index (χ1) is 7.60. The van der Waals surface area contributed by atoms with Crippen LogP contribution in [0.3, 0.4) is 0 Å². The first kappa shape index (κ1) is 12.6. The van der Waals surface area contributed by atoms with Gasteiger partial charge < -0.3 is 24.8 Å². The van der Waals surface area contributed by atoms with Crippen molar-refractivity contribution in [2.24, 2.45) is 0 Å². The van der Waals surface area contributed by atoms with Crippen LogP contribution in [0.4, 0.5) is 0 Å². The van der Waals surface area contributed by atoms with Gasteiger partial charge in [-0.05, 0) is 13.8 Å². The van der Waals surface area contributed by atoms with Crippen molar-refractivity contribution in [3.8, 4) is 17.2 Å². The zero-order chi connectivity index (χ0) is 12.1. The van der Waals surface area contributed by atoms with E-state index < -0.39 is 6.29 Å². The van der Waals surface area contributed by atoms with Gasteiger partial charge in [-0.15, -0.1) is 0 Å². The average molecular weight is 228 g/mol. The summed E-state index contributed by atoms with van der Waals surface area (Å²) in [5.74, 6) is -0.737. The largest absolute Gasteiger partial charge is 0.508 e. The summed E-state index contributed by atoms with van der Waals surface area (Å²) in [5.41, 5.74) is 0.126. The minimum absolute atomic E-state index is 0.126. The van der Waals surface area contributed by atoms with Crippen molar-refractivity contribution in [1.82, 2.24) is 0 Å². The lowest BCUT2D eigenvalue weighted by Gasteiger charge is -2.19. The quantitative estimate of drug-likeness (QED) is 0.670. The molecule has 0 heterocycles. The van der Waals surface area contributed by atoms with E-state index in [2.05, 4.69) is 0 Å². The number of ether oxygens (including phenoxy) is 2. The van der Waals surface area contributed by atoms with Crippen LogP contribution in [-0.2, 0) is 9.47 Å². The number of rotatable bonds is 5. The molecule has 0 radical (unpaired) electrons. The maximum Gasteiger partial charge on any atom is 0.190 e. The van der Waals surface area contributed by atoms with E-state index in [0.717, 1.165) is 12.1 Å². The normalized spacial score (nSPS) is 10.9. The molecule has 16 heavy (non-hydrogen) atoms. The van der Waals surface area contributed by atoms with Gasteiger partial charge in [-0.1, -0.05) is 0 Å². The van der Waals surface area contributed by atoms with Gasteiger partial charge in [0, 0.05) is 25.3 Å². The molecule has 0 aliphatic carbocycles. The standard InChI is InChI=1S/C11H16O5/c1-3-15-11(16-4-2)10-8(13)5-7(12)6-9(10)14/h5-6,11-14H,3-4H2,1-2H3. The minimum atomic E-state index is -0.837. The summed E-state index contributed by atoms with van der Waals surface area (Å²) in [7, 11) is 0. The molecule has 0 spiro atoms. The molecule has 90 valence electrons. The Hall–Kier alpha value is -1.46. The summed E-state index contributed by atoms with van der Waals surface area (Å²) in [6.07, 6.45) is -0.837. The van der Waals surface area contributed by atoms with Gasteiger partial charge in [0.15, 0.2) is 6.29 Å². The van der Waals surface area contributed by atoms with Crippen LogP contribution in [-0.4, -0.2) is 28.5 Å². The topological polar surface area (TPSA) is 79.2 Å². The Kier molecular flexibility index (Phi) is 4.39. The molecule has 0 saturated carbocycles. The van der Waals surface area contributed by atoms with Gasteiger partial charge in [0.25, 0.3) is 0 Å². The Morgan fingerprint density at radius 1 is 1.00 bits per heavy atom. The fourth-order valence-electron chi connectivity index (χ4n) is 1.37. The highest BCUT2D eigenvalue weighted by Gasteiger charge is 2.21. The van der Waals surface area contributed by atoms with Crippen molar-refractivity contribution in [2.45, 2.75) is 20.1 Å². The summed E-state index contributed by atoms with van der Waals surface area (Å²) in [5, 5.41) is 28.4. The smallest absolute Gasteiger partial charge is 0.190 e. The molecule has 0 aliphatic heterocycles. The van der Waals surface area contributed by atoms with E-state index in [1.54, 1.807) is 13.8 Å². The Morgan fingerprint density at radius 3 is 1.81 bits per heavy atom. The lowest BCUT2D eigenvalue weighted by Crippen LogP contribution is -2.09. The lowest BCUT2D eigenvalue weighted by atomic mass is 10.1. The van der Waals surface area contributed by atoms with Gasteiger partial charge in [-0.3, -0.25) is 0 Å². The van der Waals surface area contributed by atoms with Crippen LogP contribution >= 0.6 is 0 Å². The summed E-state index contributed by atoms with van der Waals surface area (Å²) >= 11 is 0. The van der Waals surface area contributed by atoms with Crippen molar-refractivity contribution < 1.29 is 24.8 Å². The number of phenols is 3. The zero-order valence-electron chi connectivity index (χ0n) is 9.30. The molecule has 5 heteroatoms. The molecule has 0 atom stereocenters. The summed E-state index contributed by atoms with van der Waals surface area (Å²) in [4.78, 5) is 0. The van der Waals surface area contributed by atoms with E-state index >= 15 is 0 Å².